The third kappa shape index (κ3) is 2.04. The Balaban J connectivity index is 1.87. The number of rotatable bonds is 2. The van der Waals surface area contributed by atoms with Gasteiger partial charge in [-0.15, -0.1) is 0 Å². The van der Waals surface area contributed by atoms with Crippen LogP contribution in [0.3, 0.4) is 0 Å². The Hall–Kier alpha value is -1.10. The monoisotopic (exact) mass is 266 g/mol. The van der Waals surface area contributed by atoms with Gasteiger partial charge >= 0.3 is 0 Å². The van der Waals surface area contributed by atoms with Crippen LogP contribution < -0.4 is 5.32 Å². The summed E-state index contributed by atoms with van der Waals surface area (Å²) in [7, 11) is 0. The third-order valence-corrected chi connectivity index (χ3v) is 5.01. The van der Waals surface area contributed by atoms with E-state index in [1.807, 2.05) is 11.8 Å². The minimum Gasteiger partial charge on any atom is -0.381 e. The second-order valence-corrected chi connectivity index (χ2v) is 6.53. The lowest BCUT2D eigenvalue weighted by atomic mass is 9.84. The lowest BCUT2D eigenvalue weighted by molar-refractivity contribution is -0.160. The Labute approximate surface area is 113 Å². The van der Waals surface area contributed by atoms with Crippen LogP contribution in [0, 0.1) is 5.92 Å². The zero-order valence-corrected chi connectivity index (χ0v) is 11.7. The van der Waals surface area contributed by atoms with Gasteiger partial charge in [-0.1, -0.05) is 0 Å². The van der Waals surface area contributed by atoms with Crippen LogP contribution in [0.2, 0.25) is 0 Å². The number of nitrogens with zero attached hydrogens (tertiary/aromatic N) is 1. The highest BCUT2D eigenvalue weighted by Gasteiger charge is 2.55. The Kier molecular flexibility index (Phi) is 2.85. The molecule has 5 nitrogen and oxygen atoms in total. The average Bonchev–Trinajstić information content (AvgIpc) is 3.19. The second kappa shape index (κ2) is 4.20. The average molecular weight is 266 g/mol. The molecule has 2 aliphatic heterocycles. The van der Waals surface area contributed by atoms with Crippen LogP contribution in [0.1, 0.15) is 39.5 Å². The van der Waals surface area contributed by atoms with E-state index >= 15 is 0 Å². The summed E-state index contributed by atoms with van der Waals surface area (Å²) in [5.74, 6) is 0.385. The van der Waals surface area contributed by atoms with Gasteiger partial charge in [0.2, 0.25) is 11.8 Å². The first kappa shape index (κ1) is 12.9. The van der Waals surface area contributed by atoms with Crippen molar-refractivity contribution in [3.8, 4) is 0 Å². The standard InChI is InChI=1S/C14H22N2O3/c1-13(5-7-19-8-6-13)16-9-11(17)15-14(2,12(16)18)10-3-4-10/h10H,3-9H2,1-2H3,(H,15,17). The lowest BCUT2D eigenvalue weighted by Crippen LogP contribution is -2.71. The number of hydrogen-bond donors (Lipinski definition) is 1. The Morgan fingerprint density at radius 2 is 1.84 bits per heavy atom. The summed E-state index contributed by atoms with van der Waals surface area (Å²) < 4.78 is 5.39. The highest BCUT2D eigenvalue weighted by atomic mass is 16.5. The molecule has 0 spiro atoms. The molecule has 1 unspecified atom stereocenters. The second-order valence-electron chi connectivity index (χ2n) is 6.53. The molecule has 0 aromatic heterocycles. The molecule has 2 heterocycles. The van der Waals surface area contributed by atoms with Gasteiger partial charge in [-0.25, -0.2) is 0 Å². The summed E-state index contributed by atoms with van der Waals surface area (Å²) in [5.41, 5.74) is -0.917. The maximum absolute atomic E-state index is 12.8. The smallest absolute Gasteiger partial charge is 0.249 e. The fourth-order valence-corrected chi connectivity index (χ4v) is 3.33. The molecule has 5 heteroatoms. The van der Waals surface area contributed by atoms with Crippen LogP contribution >= 0.6 is 0 Å². The van der Waals surface area contributed by atoms with Crippen molar-refractivity contribution in [2.75, 3.05) is 19.8 Å². The molecule has 3 fully saturated rings. The minimum absolute atomic E-state index is 0.0262. The molecule has 1 aliphatic carbocycles. The minimum atomic E-state index is -0.684. The molecule has 0 radical (unpaired) electrons. The van der Waals surface area contributed by atoms with Crippen molar-refractivity contribution in [3.05, 3.63) is 0 Å². The number of carbonyl (C=O) groups excluding carboxylic acids is 2. The predicted octanol–water partition coefficient (Wildman–Crippen LogP) is 0.683. The first-order valence-corrected chi connectivity index (χ1v) is 7.16. The van der Waals surface area contributed by atoms with E-state index in [9.17, 15) is 9.59 Å². The largest absolute Gasteiger partial charge is 0.381 e. The van der Waals surface area contributed by atoms with E-state index < -0.39 is 5.54 Å². The summed E-state index contributed by atoms with van der Waals surface area (Å²) >= 11 is 0. The van der Waals surface area contributed by atoms with Crippen LogP contribution in [0.4, 0.5) is 0 Å². The maximum Gasteiger partial charge on any atom is 0.249 e. The summed E-state index contributed by atoms with van der Waals surface area (Å²) in [6, 6.07) is 0. The van der Waals surface area contributed by atoms with Gasteiger partial charge in [0.1, 0.15) is 12.1 Å². The van der Waals surface area contributed by atoms with Crippen LogP contribution in [0.25, 0.3) is 0 Å². The molecule has 3 aliphatic rings. The van der Waals surface area contributed by atoms with E-state index in [0.717, 1.165) is 25.7 Å². The van der Waals surface area contributed by atoms with Crippen LogP contribution in [0.5, 0.6) is 0 Å². The van der Waals surface area contributed by atoms with Crippen molar-refractivity contribution in [3.63, 3.8) is 0 Å². The van der Waals surface area contributed by atoms with Crippen molar-refractivity contribution in [1.29, 1.82) is 0 Å². The molecule has 0 aromatic rings. The fourth-order valence-electron chi connectivity index (χ4n) is 3.33. The van der Waals surface area contributed by atoms with Gasteiger partial charge in [-0.2, -0.15) is 0 Å². The molecular weight excluding hydrogens is 244 g/mol. The van der Waals surface area contributed by atoms with Crippen molar-refractivity contribution in [2.45, 2.75) is 50.6 Å². The zero-order chi connectivity index (χ0) is 13.7. The number of nitrogens with one attached hydrogen (secondary N) is 1. The van der Waals surface area contributed by atoms with Gasteiger partial charge in [-0.05, 0) is 45.4 Å². The summed E-state index contributed by atoms with van der Waals surface area (Å²) in [6.07, 6.45) is 3.70. The molecule has 0 bridgehead atoms. The van der Waals surface area contributed by atoms with E-state index in [-0.39, 0.29) is 23.9 Å². The molecule has 19 heavy (non-hydrogen) atoms. The van der Waals surface area contributed by atoms with Crippen molar-refractivity contribution in [1.82, 2.24) is 10.2 Å². The summed E-state index contributed by atoms with van der Waals surface area (Å²) in [4.78, 5) is 26.7. The van der Waals surface area contributed by atoms with Gasteiger partial charge < -0.3 is 15.0 Å². The molecular formula is C14H22N2O3. The van der Waals surface area contributed by atoms with E-state index in [1.165, 1.54) is 0 Å². The lowest BCUT2D eigenvalue weighted by Gasteiger charge is -2.50. The van der Waals surface area contributed by atoms with Gasteiger partial charge in [0.15, 0.2) is 0 Å². The fraction of sp³-hybridized carbons (Fsp3) is 0.857. The number of amides is 2. The first-order chi connectivity index (χ1) is 8.96. The molecule has 106 valence electrons. The van der Waals surface area contributed by atoms with Crippen molar-refractivity contribution < 1.29 is 14.3 Å². The maximum atomic E-state index is 12.8. The number of hydrogen-bond acceptors (Lipinski definition) is 3. The van der Waals surface area contributed by atoms with E-state index in [0.29, 0.717) is 19.1 Å². The van der Waals surface area contributed by atoms with Gasteiger partial charge in [0.25, 0.3) is 0 Å². The van der Waals surface area contributed by atoms with Crippen molar-refractivity contribution >= 4 is 11.8 Å². The Bertz CT molecular complexity index is 413. The SMILES string of the molecule is CC1(C2CC2)NC(=O)CN(C2(C)CCOCC2)C1=O. The van der Waals surface area contributed by atoms with E-state index in [4.69, 9.17) is 4.74 Å². The number of carbonyl (C=O) groups is 2. The molecule has 1 saturated carbocycles. The molecule has 1 N–H and O–H groups in total. The highest BCUT2D eigenvalue weighted by molar-refractivity contribution is 5.98. The van der Waals surface area contributed by atoms with Crippen LogP contribution in [-0.4, -0.2) is 47.6 Å². The van der Waals surface area contributed by atoms with Crippen LogP contribution in [0.15, 0.2) is 0 Å². The summed E-state index contributed by atoms with van der Waals surface area (Å²) in [5, 5.41) is 2.93. The molecule has 2 amide bonds. The Morgan fingerprint density at radius 1 is 1.21 bits per heavy atom. The molecule has 2 saturated heterocycles. The third-order valence-electron chi connectivity index (χ3n) is 5.01. The molecule has 0 aromatic carbocycles. The predicted molar refractivity (Wildman–Crippen MR) is 69.4 cm³/mol. The Morgan fingerprint density at radius 3 is 2.42 bits per heavy atom. The first-order valence-electron chi connectivity index (χ1n) is 7.16. The highest BCUT2D eigenvalue weighted by Crippen LogP contribution is 2.43. The van der Waals surface area contributed by atoms with Gasteiger partial charge in [-0.3, -0.25) is 9.59 Å². The van der Waals surface area contributed by atoms with Crippen molar-refractivity contribution in [2.24, 2.45) is 5.92 Å². The quantitative estimate of drug-likeness (QED) is 0.799. The number of ether oxygens (including phenoxy) is 1. The number of piperazine rings is 1. The van der Waals surface area contributed by atoms with E-state index in [2.05, 4.69) is 12.2 Å². The molecule has 1 atom stereocenters. The normalized spacial score (nSPS) is 35.2. The van der Waals surface area contributed by atoms with Crippen LogP contribution in [-0.2, 0) is 14.3 Å². The topological polar surface area (TPSA) is 58.6 Å². The van der Waals surface area contributed by atoms with E-state index in [1.54, 1.807) is 0 Å². The van der Waals surface area contributed by atoms with Gasteiger partial charge in [0, 0.05) is 18.8 Å². The molecule has 3 rings (SSSR count). The zero-order valence-electron chi connectivity index (χ0n) is 11.7. The summed E-state index contributed by atoms with van der Waals surface area (Å²) in [6.45, 7) is 5.50. The van der Waals surface area contributed by atoms with Gasteiger partial charge in [0.05, 0.1) is 0 Å².